The molecule has 0 aliphatic carbocycles. The van der Waals surface area contributed by atoms with Crippen LogP contribution in [-0.4, -0.2) is 23.5 Å². The van der Waals surface area contributed by atoms with Gasteiger partial charge in [-0.05, 0) is 24.8 Å². The molecule has 0 aliphatic heterocycles. The molecule has 18 heavy (non-hydrogen) atoms. The van der Waals surface area contributed by atoms with Crippen LogP contribution in [0.1, 0.15) is 30.6 Å². The Bertz CT molecular complexity index is 568. The van der Waals surface area contributed by atoms with Gasteiger partial charge in [-0.3, -0.25) is 9.78 Å². The van der Waals surface area contributed by atoms with Gasteiger partial charge in [0, 0.05) is 30.5 Å². The molecule has 3 heteroatoms. The maximum Gasteiger partial charge on any atom is 0.194 e. The molecule has 1 atom stereocenters. The molecule has 1 heterocycles. The second-order valence-corrected chi connectivity index (χ2v) is 4.52. The first-order valence-electron chi connectivity index (χ1n) is 6.05. The highest BCUT2D eigenvalue weighted by Gasteiger charge is 2.32. The zero-order valence-electron chi connectivity index (χ0n) is 10.9. The van der Waals surface area contributed by atoms with Crippen LogP contribution in [0.2, 0.25) is 0 Å². The fourth-order valence-electron chi connectivity index (χ4n) is 1.99. The van der Waals surface area contributed by atoms with Gasteiger partial charge in [0.1, 0.15) is 5.60 Å². The average Bonchev–Trinajstić information content (AvgIpc) is 2.45. The van der Waals surface area contributed by atoms with Crippen LogP contribution in [0.3, 0.4) is 0 Å². The van der Waals surface area contributed by atoms with E-state index in [1.165, 1.54) is 0 Å². The highest BCUT2D eigenvalue weighted by atomic mass is 16.5. The number of carbonyl (C=O) groups is 1. The molecule has 0 radical (unpaired) electrons. The number of rotatable bonds is 4. The normalized spacial score (nSPS) is 14.4. The minimum atomic E-state index is -0.774. The Morgan fingerprint density at radius 2 is 2.17 bits per heavy atom. The maximum atomic E-state index is 12.6. The molecule has 94 valence electrons. The van der Waals surface area contributed by atoms with Gasteiger partial charge in [-0.2, -0.15) is 0 Å². The largest absolute Gasteiger partial charge is 0.370 e. The maximum absolute atomic E-state index is 12.6. The van der Waals surface area contributed by atoms with E-state index in [4.69, 9.17) is 4.74 Å². The quantitative estimate of drug-likeness (QED) is 0.774. The number of Topliss-reactive ketones (excluding diaryl/α,β-unsaturated/α-hetero) is 1. The number of hydrogen-bond donors (Lipinski definition) is 0. The second kappa shape index (κ2) is 4.86. The molecule has 0 N–H and O–H groups in total. The van der Waals surface area contributed by atoms with E-state index >= 15 is 0 Å². The third kappa shape index (κ3) is 2.02. The number of aromatic nitrogens is 1. The zero-order chi connectivity index (χ0) is 13.2. The lowest BCUT2D eigenvalue weighted by Crippen LogP contribution is -2.36. The van der Waals surface area contributed by atoms with Gasteiger partial charge in [0.15, 0.2) is 5.78 Å². The van der Waals surface area contributed by atoms with Gasteiger partial charge in [0.05, 0.1) is 0 Å². The van der Waals surface area contributed by atoms with Crippen molar-refractivity contribution in [3.05, 3.63) is 42.2 Å². The number of hydrogen-bond acceptors (Lipinski definition) is 3. The van der Waals surface area contributed by atoms with Gasteiger partial charge in [-0.1, -0.05) is 25.1 Å². The number of nitrogens with zero attached hydrogens (tertiary/aromatic N) is 1. The summed E-state index contributed by atoms with van der Waals surface area (Å²) in [7, 11) is 1.57. The van der Waals surface area contributed by atoms with Crippen molar-refractivity contribution in [1.82, 2.24) is 4.98 Å². The molecule has 2 aromatic rings. The number of carbonyl (C=O) groups excluding carboxylic acids is 1. The first-order valence-corrected chi connectivity index (χ1v) is 6.05. The van der Waals surface area contributed by atoms with E-state index in [1.807, 2.05) is 38.1 Å². The van der Waals surface area contributed by atoms with Crippen molar-refractivity contribution in [2.75, 3.05) is 7.11 Å². The van der Waals surface area contributed by atoms with Crippen LogP contribution in [0.25, 0.3) is 10.8 Å². The molecule has 0 saturated carbocycles. The van der Waals surface area contributed by atoms with Crippen molar-refractivity contribution in [3.8, 4) is 0 Å². The van der Waals surface area contributed by atoms with Crippen LogP contribution in [-0.2, 0) is 4.74 Å². The van der Waals surface area contributed by atoms with E-state index in [0.29, 0.717) is 12.0 Å². The highest BCUT2D eigenvalue weighted by molar-refractivity contribution is 6.11. The Morgan fingerprint density at radius 3 is 2.83 bits per heavy atom. The van der Waals surface area contributed by atoms with E-state index in [9.17, 15) is 4.79 Å². The lowest BCUT2D eigenvalue weighted by molar-refractivity contribution is 0.0107. The summed E-state index contributed by atoms with van der Waals surface area (Å²) in [5, 5.41) is 1.90. The molecule has 0 aliphatic rings. The van der Waals surface area contributed by atoms with Crippen molar-refractivity contribution < 1.29 is 9.53 Å². The first-order chi connectivity index (χ1) is 8.62. The molecular formula is C15H17NO2. The van der Waals surface area contributed by atoms with Gasteiger partial charge in [0.25, 0.3) is 0 Å². The van der Waals surface area contributed by atoms with Crippen LogP contribution in [0.5, 0.6) is 0 Å². The third-order valence-electron chi connectivity index (χ3n) is 3.53. The van der Waals surface area contributed by atoms with Crippen LogP contribution in [0, 0.1) is 0 Å². The molecule has 0 amide bonds. The minimum absolute atomic E-state index is 0.00565. The number of benzene rings is 1. The fraction of sp³-hybridized carbons (Fsp3) is 0.333. The molecule has 3 nitrogen and oxygen atoms in total. The molecule has 0 bridgehead atoms. The molecule has 0 saturated heterocycles. The van der Waals surface area contributed by atoms with Crippen molar-refractivity contribution in [3.63, 3.8) is 0 Å². The summed E-state index contributed by atoms with van der Waals surface area (Å²) in [4.78, 5) is 16.7. The zero-order valence-corrected chi connectivity index (χ0v) is 10.9. The highest BCUT2D eigenvalue weighted by Crippen LogP contribution is 2.25. The second-order valence-electron chi connectivity index (χ2n) is 4.52. The summed E-state index contributed by atoms with van der Waals surface area (Å²) >= 11 is 0. The minimum Gasteiger partial charge on any atom is -0.370 e. The monoisotopic (exact) mass is 243 g/mol. The molecule has 0 fully saturated rings. The topological polar surface area (TPSA) is 39.2 Å². The van der Waals surface area contributed by atoms with Gasteiger partial charge >= 0.3 is 0 Å². The van der Waals surface area contributed by atoms with Gasteiger partial charge in [-0.15, -0.1) is 0 Å². The van der Waals surface area contributed by atoms with Crippen LogP contribution in [0.15, 0.2) is 36.7 Å². The molecule has 1 aromatic carbocycles. The Morgan fingerprint density at radius 1 is 1.39 bits per heavy atom. The summed E-state index contributed by atoms with van der Waals surface area (Å²) in [6, 6.07) is 7.60. The van der Waals surface area contributed by atoms with Crippen molar-refractivity contribution in [2.24, 2.45) is 0 Å². The predicted molar refractivity (Wildman–Crippen MR) is 71.8 cm³/mol. The van der Waals surface area contributed by atoms with E-state index in [0.717, 1.165) is 10.8 Å². The summed E-state index contributed by atoms with van der Waals surface area (Å²) in [6.07, 6.45) is 4.10. The SMILES string of the molecule is CCC(C)(OC)C(=O)c1cccc2ccncc12. The van der Waals surface area contributed by atoms with Crippen LogP contribution in [0.4, 0.5) is 0 Å². The van der Waals surface area contributed by atoms with E-state index in [-0.39, 0.29) is 5.78 Å². The number of methoxy groups -OCH3 is 1. The Balaban J connectivity index is 2.58. The van der Waals surface area contributed by atoms with E-state index in [2.05, 4.69) is 4.98 Å². The number of pyridine rings is 1. The fourth-order valence-corrected chi connectivity index (χ4v) is 1.99. The summed E-state index contributed by atoms with van der Waals surface area (Å²) < 4.78 is 5.38. The Hall–Kier alpha value is -1.74. The molecule has 1 aromatic heterocycles. The Labute approximate surface area is 107 Å². The number of ether oxygens (including phenoxy) is 1. The van der Waals surface area contributed by atoms with E-state index < -0.39 is 5.60 Å². The van der Waals surface area contributed by atoms with Crippen LogP contribution < -0.4 is 0 Å². The third-order valence-corrected chi connectivity index (χ3v) is 3.53. The summed E-state index contributed by atoms with van der Waals surface area (Å²) in [6.45, 7) is 3.77. The van der Waals surface area contributed by atoms with Crippen molar-refractivity contribution >= 4 is 16.6 Å². The smallest absolute Gasteiger partial charge is 0.194 e. The summed E-state index contributed by atoms with van der Waals surface area (Å²) in [5.41, 5.74) is -0.101. The average molecular weight is 243 g/mol. The Kier molecular flexibility index (Phi) is 3.43. The molecular weight excluding hydrogens is 226 g/mol. The van der Waals surface area contributed by atoms with Gasteiger partial charge in [0.2, 0.25) is 0 Å². The predicted octanol–water partition coefficient (Wildman–Crippen LogP) is 3.23. The van der Waals surface area contributed by atoms with Gasteiger partial charge < -0.3 is 4.74 Å². The number of fused-ring (bicyclic) bond motifs is 1. The molecule has 0 spiro atoms. The first kappa shape index (κ1) is 12.7. The summed E-state index contributed by atoms with van der Waals surface area (Å²) in [5.74, 6) is 0.00565. The molecule has 1 unspecified atom stereocenters. The van der Waals surface area contributed by atoms with Crippen molar-refractivity contribution in [2.45, 2.75) is 25.9 Å². The molecule has 2 rings (SSSR count). The lowest BCUT2D eigenvalue weighted by Gasteiger charge is -2.25. The number of ketones is 1. The van der Waals surface area contributed by atoms with Crippen molar-refractivity contribution in [1.29, 1.82) is 0 Å². The van der Waals surface area contributed by atoms with Crippen LogP contribution >= 0.6 is 0 Å². The van der Waals surface area contributed by atoms with E-state index in [1.54, 1.807) is 19.5 Å². The van der Waals surface area contributed by atoms with Gasteiger partial charge in [-0.25, -0.2) is 0 Å². The lowest BCUT2D eigenvalue weighted by atomic mass is 9.90. The standard InChI is InChI=1S/C15H17NO2/c1-4-15(2,18-3)14(17)12-7-5-6-11-8-9-16-10-13(11)12/h5-10H,4H2,1-3H3.